The maximum Gasteiger partial charge on any atom is 0.271 e. The molecule has 116 valence electrons. The number of halogens is 1. The maximum absolute atomic E-state index is 12.0. The Kier molecular flexibility index (Phi) is 6.19. The average molecular weight is 314 g/mol. The van der Waals surface area contributed by atoms with Gasteiger partial charge in [-0.1, -0.05) is 11.6 Å². The molecule has 1 aromatic heterocycles. The highest BCUT2D eigenvalue weighted by atomic mass is 35.5. The molecule has 1 amide bonds. The number of nitrogens with one attached hydrogen (secondary N) is 2. The molecule has 0 saturated carbocycles. The number of carbonyl (C=O) groups excluding carboxylic acids is 1. The van der Waals surface area contributed by atoms with E-state index in [9.17, 15) is 4.79 Å². The van der Waals surface area contributed by atoms with Crippen molar-refractivity contribution in [2.75, 3.05) is 44.8 Å². The SMILES string of the molecule is NNc1ccc(Cl)c(C(=O)NCCCN2CCOCC2)n1. The predicted molar refractivity (Wildman–Crippen MR) is 81.3 cm³/mol. The van der Waals surface area contributed by atoms with Crippen LogP contribution in [-0.4, -0.2) is 55.2 Å². The third kappa shape index (κ3) is 4.82. The molecule has 1 aromatic rings. The highest BCUT2D eigenvalue weighted by molar-refractivity contribution is 6.33. The molecule has 1 fully saturated rings. The molecule has 1 aliphatic rings. The fourth-order valence-electron chi connectivity index (χ4n) is 2.09. The van der Waals surface area contributed by atoms with Gasteiger partial charge in [-0.2, -0.15) is 0 Å². The first-order valence-electron chi connectivity index (χ1n) is 6.92. The van der Waals surface area contributed by atoms with Crippen LogP contribution in [0, 0.1) is 0 Å². The summed E-state index contributed by atoms with van der Waals surface area (Å²) in [5.41, 5.74) is 2.57. The van der Waals surface area contributed by atoms with Gasteiger partial charge in [-0.15, -0.1) is 0 Å². The van der Waals surface area contributed by atoms with Crippen molar-refractivity contribution < 1.29 is 9.53 Å². The summed E-state index contributed by atoms with van der Waals surface area (Å²) in [4.78, 5) is 18.4. The van der Waals surface area contributed by atoms with E-state index in [0.717, 1.165) is 39.3 Å². The number of aromatic nitrogens is 1. The van der Waals surface area contributed by atoms with Crippen LogP contribution in [0.2, 0.25) is 5.02 Å². The van der Waals surface area contributed by atoms with Gasteiger partial charge in [0.2, 0.25) is 0 Å². The molecule has 2 rings (SSSR count). The zero-order valence-corrected chi connectivity index (χ0v) is 12.5. The minimum atomic E-state index is -0.293. The Labute approximate surface area is 128 Å². The third-order valence-corrected chi connectivity index (χ3v) is 3.55. The van der Waals surface area contributed by atoms with Crippen LogP contribution < -0.4 is 16.6 Å². The van der Waals surface area contributed by atoms with E-state index in [0.29, 0.717) is 17.4 Å². The second kappa shape index (κ2) is 8.14. The lowest BCUT2D eigenvalue weighted by atomic mass is 10.3. The van der Waals surface area contributed by atoms with Gasteiger partial charge in [-0.25, -0.2) is 10.8 Å². The first kappa shape index (κ1) is 16.0. The van der Waals surface area contributed by atoms with Crippen LogP contribution in [0.1, 0.15) is 16.9 Å². The average Bonchev–Trinajstić information content (AvgIpc) is 2.53. The number of morpholine rings is 1. The van der Waals surface area contributed by atoms with Crippen molar-refractivity contribution in [3.05, 3.63) is 22.8 Å². The third-order valence-electron chi connectivity index (χ3n) is 3.25. The molecule has 8 heteroatoms. The van der Waals surface area contributed by atoms with Gasteiger partial charge < -0.3 is 15.5 Å². The Morgan fingerprint density at radius 2 is 2.19 bits per heavy atom. The number of ether oxygens (including phenoxy) is 1. The van der Waals surface area contributed by atoms with Crippen LogP contribution in [0.25, 0.3) is 0 Å². The topological polar surface area (TPSA) is 92.5 Å². The zero-order valence-electron chi connectivity index (χ0n) is 11.8. The smallest absolute Gasteiger partial charge is 0.271 e. The molecule has 0 unspecified atom stereocenters. The summed E-state index contributed by atoms with van der Waals surface area (Å²) in [5, 5.41) is 3.12. The number of nitrogens with two attached hydrogens (primary N) is 1. The molecule has 0 aliphatic carbocycles. The quantitative estimate of drug-likeness (QED) is 0.402. The van der Waals surface area contributed by atoms with E-state index in [4.69, 9.17) is 22.2 Å². The van der Waals surface area contributed by atoms with E-state index in [1.54, 1.807) is 12.1 Å². The van der Waals surface area contributed by atoms with Gasteiger partial charge in [-0.3, -0.25) is 9.69 Å². The van der Waals surface area contributed by atoms with Gasteiger partial charge in [0, 0.05) is 19.6 Å². The van der Waals surface area contributed by atoms with Crippen molar-refractivity contribution in [1.82, 2.24) is 15.2 Å². The molecule has 1 aliphatic heterocycles. The van der Waals surface area contributed by atoms with Gasteiger partial charge >= 0.3 is 0 Å². The Morgan fingerprint density at radius 1 is 1.43 bits per heavy atom. The van der Waals surface area contributed by atoms with Crippen molar-refractivity contribution >= 4 is 23.3 Å². The molecule has 0 bridgehead atoms. The number of pyridine rings is 1. The summed E-state index contributed by atoms with van der Waals surface area (Å²) in [6.07, 6.45) is 0.873. The summed E-state index contributed by atoms with van der Waals surface area (Å²) in [7, 11) is 0. The minimum absolute atomic E-state index is 0.179. The lowest BCUT2D eigenvalue weighted by molar-refractivity contribution is 0.0374. The van der Waals surface area contributed by atoms with Gasteiger partial charge in [0.1, 0.15) is 11.5 Å². The van der Waals surface area contributed by atoms with Crippen LogP contribution >= 0.6 is 11.6 Å². The van der Waals surface area contributed by atoms with Crippen molar-refractivity contribution in [2.24, 2.45) is 5.84 Å². The standard InChI is InChI=1S/C13H20ClN5O2/c14-10-2-3-11(18-15)17-12(10)13(20)16-4-1-5-19-6-8-21-9-7-19/h2-3H,1,4-9,15H2,(H,16,20)(H,17,18). The number of hydrogen-bond donors (Lipinski definition) is 3. The number of amides is 1. The second-order valence-corrected chi connectivity index (χ2v) is 5.14. The molecular weight excluding hydrogens is 294 g/mol. The molecule has 0 atom stereocenters. The van der Waals surface area contributed by atoms with Crippen LogP contribution in [0.4, 0.5) is 5.82 Å². The summed E-state index contributed by atoms with van der Waals surface area (Å²) in [6, 6.07) is 3.20. The highest BCUT2D eigenvalue weighted by Gasteiger charge is 2.13. The number of nitrogen functional groups attached to an aromatic ring is 1. The molecule has 7 nitrogen and oxygen atoms in total. The lowest BCUT2D eigenvalue weighted by Crippen LogP contribution is -2.38. The zero-order chi connectivity index (χ0) is 15.1. The summed E-state index contributed by atoms with van der Waals surface area (Å²) >= 11 is 5.97. The van der Waals surface area contributed by atoms with Crippen LogP contribution in [-0.2, 0) is 4.74 Å². The highest BCUT2D eigenvalue weighted by Crippen LogP contribution is 2.16. The van der Waals surface area contributed by atoms with Crippen LogP contribution in [0.3, 0.4) is 0 Å². The molecule has 0 aromatic carbocycles. The number of carbonyl (C=O) groups is 1. The summed E-state index contributed by atoms with van der Waals surface area (Å²) < 4.78 is 5.29. The van der Waals surface area contributed by atoms with Crippen molar-refractivity contribution in [2.45, 2.75) is 6.42 Å². The number of nitrogens with zero attached hydrogens (tertiary/aromatic N) is 2. The number of hydrazine groups is 1. The van der Waals surface area contributed by atoms with Crippen molar-refractivity contribution in [3.8, 4) is 0 Å². The largest absolute Gasteiger partial charge is 0.379 e. The molecule has 0 radical (unpaired) electrons. The number of anilines is 1. The number of rotatable bonds is 6. The molecule has 0 spiro atoms. The van der Waals surface area contributed by atoms with Gasteiger partial charge in [-0.05, 0) is 25.1 Å². The Bertz CT molecular complexity index is 480. The maximum atomic E-state index is 12.0. The van der Waals surface area contributed by atoms with E-state index in [1.165, 1.54) is 0 Å². The molecule has 2 heterocycles. The van der Waals surface area contributed by atoms with Crippen molar-refractivity contribution in [1.29, 1.82) is 0 Å². The van der Waals surface area contributed by atoms with Crippen molar-refractivity contribution in [3.63, 3.8) is 0 Å². The molecular formula is C13H20ClN5O2. The second-order valence-electron chi connectivity index (χ2n) is 4.73. The first-order chi connectivity index (χ1) is 10.2. The fourth-order valence-corrected chi connectivity index (χ4v) is 2.29. The monoisotopic (exact) mass is 313 g/mol. The fraction of sp³-hybridized carbons (Fsp3) is 0.538. The minimum Gasteiger partial charge on any atom is -0.379 e. The molecule has 1 saturated heterocycles. The summed E-state index contributed by atoms with van der Waals surface area (Å²) in [6.45, 7) is 4.98. The van der Waals surface area contributed by atoms with E-state index in [1.807, 2.05) is 0 Å². The van der Waals surface area contributed by atoms with Crippen LogP contribution in [0.15, 0.2) is 12.1 Å². The van der Waals surface area contributed by atoms with Gasteiger partial charge in [0.15, 0.2) is 0 Å². The normalized spacial score (nSPS) is 15.7. The van der Waals surface area contributed by atoms with E-state index >= 15 is 0 Å². The lowest BCUT2D eigenvalue weighted by Gasteiger charge is -2.26. The van der Waals surface area contributed by atoms with E-state index in [2.05, 4.69) is 20.6 Å². The first-order valence-corrected chi connectivity index (χ1v) is 7.30. The molecule has 21 heavy (non-hydrogen) atoms. The van der Waals surface area contributed by atoms with E-state index < -0.39 is 0 Å². The Morgan fingerprint density at radius 3 is 2.90 bits per heavy atom. The summed E-state index contributed by atoms with van der Waals surface area (Å²) in [5.74, 6) is 5.38. The number of hydrogen-bond acceptors (Lipinski definition) is 6. The Balaban J connectivity index is 1.76. The molecule has 4 N–H and O–H groups in total. The van der Waals surface area contributed by atoms with Gasteiger partial charge in [0.25, 0.3) is 5.91 Å². The Hall–Kier alpha value is -1.41. The van der Waals surface area contributed by atoms with E-state index in [-0.39, 0.29) is 11.6 Å². The van der Waals surface area contributed by atoms with Gasteiger partial charge in [0.05, 0.1) is 18.2 Å². The predicted octanol–water partition coefficient (Wildman–Crippen LogP) is 0.473. The van der Waals surface area contributed by atoms with Crippen LogP contribution in [0.5, 0.6) is 0 Å².